The van der Waals surface area contributed by atoms with E-state index in [4.69, 9.17) is 4.74 Å². The van der Waals surface area contributed by atoms with Crippen LogP contribution in [0, 0.1) is 0 Å². The van der Waals surface area contributed by atoms with Crippen molar-refractivity contribution in [1.29, 1.82) is 0 Å². The highest BCUT2D eigenvalue weighted by molar-refractivity contribution is 5.97. The summed E-state index contributed by atoms with van der Waals surface area (Å²) >= 11 is 0. The molecule has 1 aliphatic rings. The molecular weight excluding hydrogens is 344 g/mol. The first-order valence-electron chi connectivity index (χ1n) is 8.93. The molecule has 0 aromatic heterocycles. The molecule has 2 amide bonds. The highest BCUT2D eigenvalue weighted by atomic mass is 16.5. The minimum atomic E-state index is -0.452. The van der Waals surface area contributed by atoms with Gasteiger partial charge in [-0.1, -0.05) is 24.3 Å². The van der Waals surface area contributed by atoms with Crippen molar-refractivity contribution in [3.05, 3.63) is 64.7 Å². The minimum absolute atomic E-state index is 0.146. The van der Waals surface area contributed by atoms with E-state index >= 15 is 0 Å². The Labute approximate surface area is 157 Å². The minimum Gasteiger partial charge on any atom is -0.455 e. The highest BCUT2D eigenvalue weighted by Crippen LogP contribution is 2.23. The van der Waals surface area contributed by atoms with E-state index in [-0.39, 0.29) is 18.9 Å². The molecule has 1 aliphatic carbocycles. The van der Waals surface area contributed by atoms with Gasteiger partial charge in [-0.2, -0.15) is 0 Å². The van der Waals surface area contributed by atoms with Crippen LogP contribution in [-0.4, -0.2) is 31.4 Å². The first-order chi connectivity index (χ1) is 13.0. The molecule has 6 heteroatoms. The average molecular weight is 366 g/mol. The number of ether oxygens (including phenoxy) is 1. The van der Waals surface area contributed by atoms with Crippen molar-refractivity contribution in [3.63, 3.8) is 0 Å². The summed E-state index contributed by atoms with van der Waals surface area (Å²) in [5, 5.41) is 5.14. The maximum atomic E-state index is 12.0. The SMILES string of the molecule is CNC(=O)c1cccc(NC(=O)COC(=O)Cc2ccc3c(c2)CCC3)c1. The van der Waals surface area contributed by atoms with E-state index in [0.717, 1.165) is 24.8 Å². The zero-order valence-electron chi connectivity index (χ0n) is 15.2. The number of carbonyl (C=O) groups excluding carboxylic acids is 3. The van der Waals surface area contributed by atoms with E-state index in [0.29, 0.717) is 11.3 Å². The van der Waals surface area contributed by atoms with Crippen molar-refractivity contribution in [3.8, 4) is 0 Å². The van der Waals surface area contributed by atoms with Crippen molar-refractivity contribution in [2.24, 2.45) is 0 Å². The summed E-state index contributed by atoms with van der Waals surface area (Å²) in [5.41, 5.74) is 4.46. The average Bonchev–Trinajstić information content (AvgIpc) is 3.14. The van der Waals surface area contributed by atoms with Crippen LogP contribution in [0.5, 0.6) is 0 Å². The Morgan fingerprint density at radius 2 is 1.85 bits per heavy atom. The molecule has 140 valence electrons. The topological polar surface area (TPSA) is 84.5 Å². The number of hydrogen-bond donors (Lipinski definition) is 2. The Bertz CT molecular complexity index is 876. The summed E-state index contributed by atoms with van der Waals surface area (Å²) in [6.07, 6.45) is 3.45. The maximum Gasteiger partial charge on any atom is 0.310 e. The number of nitrogens with one attached hydrogen (secondary N) is 2. The lowest BCUT2D eigenvalue weighted by Crippen LogP contribution is -2.22. The third kappa shape index (κ3) is 4.94. The van der Waals surface area contributed by atoms with Crippen LogP contribution in [0.2, 0.25) is 0 Å². The van der Waals surface area contributed by atoms with E-state index in [1.54, 1.807) is 24.3 Å². The standard InChI is InChI=1S/C21H22N2O4/c1-22-21(26)17-6-3-7-18(12-17)23-19(24)13-27-20(25)11-14-8-9-15-4-2-5-16(15)10-14/h3,6-10,12H,2,4-5,11,13H2,1H3,(H,22,26)(H,23,24). The fourth-order valence-corrected chi connectivity index (χ4v) is 3.18. The summed E-state index contributed by atoms with van der Waals surface area (Å²) < 4.78 is 5.07. The molecule has 2 aromatic carbocycles. The lowest BCUT2D eigenvalue weighted by molar-refractivity contribution is -0.146. The molecule has 27 heavy (non-hydrogen) atoms. The Hall–Kier alpha value is -3.15. The van der Waals surface area contributed by atoms with Crippen LogP contribution >= 0.6 is 0 Å². The molecule has 0 aliphatic heterocycles. The first kappa shape index (κ1) is 18.6. The van der Waals surface area contributed by atoms with E-state index < -0.39 is 11.9 Å². The lowest BCUT2D eigenvalue weighted by atomic mass is 10.0. The van der Waals surface area contributed by atoms with Gasteiger partial charge in [-0.3, -0.25) is 14.4 Å². The zero-order chi connectivity index (χ0) is 19.2. The molecule has 6 nitrogen and oxygen atoms in total. The van der Waals surface area contributed by atoms with Gasteiger partial charge in [0.2, 0.25) is 0 Å². The Balaban J connectivity index is 1.49. The molecule has 0 fully saturated rings. The van der Waals surface area contributed by atoms with Gasteiger partial charge >= 0.3 is 5.97 Å². The highest BCUT2D eigenvalue weighted by Gasteiger charge is 2.14. The van der Waals surface area contributed by atoms with Crippen LogP contribution in [0.4, 0.5) is 5.69 Å². The van der Waals surface area contributed by atoms with E-state index in [1.165, 1.54) is 18.2 Å². The van der Waals surface area contributed by atoms with E-state index in [1.807, 2.05) is 12.1 Å². The molecule has 0 saturated heterocycles. The fourth-order valence-electron chi connectivity index (χ4n) is 3.18. The van der Waals surface area contributed by atoms with Crippen molar-refractivity contribution >= 4 is 23.5 Å². The predicted octanol–water partition coefficient (Wildman–Crippen LogP) is 2.26. The normalized spacial score (nSPS) is 12.2. The van der Waals surface area contributed by atoms with Crippen molar-refractivity contribution in [1.82, 2.24) is 5.32 Å². The predicted molar refractivity (Wildman–Crippen MR) is 102 cm³/mol. The monoisotopic (exact) mass is 366 g/mol. The summed E-state index contributed by atoms with van der Waals surface area (Å²) in [6.45, 7) is -0.367. The second-order valence-corrected chi connectivity index (χ2v) is 6.50. The summed E-state index contributed by atoms with van der Waals surface area (Å²) in [6, 6.07) is 12.6. The van der Waals surface area contributed by atoms with Crippen LogP contribution < -0.4 is 10.6 Å². The number of hydrogen-bond acceptors (Lipinski definition) is 4. The molecule has 2 N–H and O–H groups in total. The molecule has 0 heterocycles. The van der Waals surface area contributed by atoms with E-state index in [9.17, 15) is 14.4 Å². The van der Waals surface area contributed by atoms with Gasteiger partial charge in [0.25, 0.3) is 11.8 Å². The number of esters is 1. The number of rotatable bonds is 6. The number of aryl methyl sites for hydroxylation is 2. The van der Waals surface area contributed by atoms with Gasteiger partial charge in [0.1, 0.15) is 0 Å². The van der Waals surface area contributed by atoms with Crippen LogP contribution in [0.3, 0.4) is 0 Å². The second-order valence-electron chi connectivity index (χ2n) is 6.50. The Kier molecular flexibility index (Phi) is 5.86. The first-order valence-corrected chi connectivity index (χ1v) is 8.93. The fraction of sp³-hybridized carbons (Fsp3) is 0.286. The summed E-state index contributed by atoms with van der Waals surface area (Å²) in [4.78, 5) is 35.6. The molecule has 0 bridgehead atoms. The molecule has 2 aromatic rings. The number of amides is 2. The van der Waals surface area contributed by atoms with Gasteiger partial charge in [-0.25, -0.2) is 0 Å². The van der Waals surface area contributed by atoms with Gasteiger partial charge < -0.3 is 15.4 Å². The number of fused-ring (bicyclic) bond motifs is 1. The van der Waals surface area contributed by atoms with Crippen LogP contribution in [0.25, 0.3) is 0 Å². The smallest absolute Gasteiger partial charge is 0.310 e. The van der Waals surface area contributed by atoms with Crippen molar-refractivity contribution < 1.29 is 19.1 Å². The third-order valence-electron chi connectivity index (χ3n) is 4.51. The molecule has 0 atom stereocenters. The van der Waals surface area contributed by atoms with Crippen LogP contribution in [0.1, 0.15) is 33.5 Å². The Morgan fingerprint density at radius 3 is 2.67 bits per heavy atom. The van der Waals surface area contributed by atoms with Crippen molar-refractivity contribution in [2.45, 2.75) is 25.7 Å². The van der Waals surface area contributed by atoms with Gasteiger partial charge in [0, 0.05) is 18.3 Å². The maximum absolute atomic E-state index is 12.0. The van der Waals surface area contributed by atoms with Gasteiger partial charge in [0.05, 0.1) is 6.42 Å². The molecule has 3 rings (SSSR count). The van der Waals surface area contributed by atoms with Crippen LogP contribution in [0.15, 0.2) is 42.5 Å². The number of benzene rings is 2. The van der Waals surface area contributed by atoms with Crippen LogP contribution in [-0.2, 0) is 33.6 Å². The molecule has 0 unspecified atom stereocenters. The molecule has 0 spiro atoms. The summed E-state index contributed by atoms with van der Waals surface area (Å²) in [7, 11) is 1.54. The lowest BCUT2D eigenvalue weighted by Gasteiger charge is -2.08. The zero-order valence-corrected chi connectivity index (χ0v) is 15.2. The molecular formula is C21H22N2O4. The molecule has 0 saturated carbocycles. The largest absolute Gasteiger partial charge is 0.455 e. The third-order valence-corrected chi connectivity index (χ3v) is 4.51. The summed E-state index contributed by atoms with van der Waals surface area (Å²) in [5.74, 6) is -1.14. The van der Waals surface area contributed by atoms with Crippen molar-refractivity contribution in [2.75, 3.05) is 19.0 Å². The number of anilines is 1. The quantitative estimate of drug-likeness (QED) is 0.768. The Morgan fingerprint density at radius 1 is 1.04 bits per heavy atom. The van der Waals surface area contributed by atoms with Gasteiger partial charge in [0.15, 0.2) is 6.61 Å². The van der Waals surface area contributed by atoms with Gasteiger partial charge in [-0.15, -0.1) is 0 Å². The molecule has 0 radical (unpaired) electrons. The van der Waals surface area contributed by atoms with E-state index in [2.05, 4.69) is 16.7 Å². The second kappa shape index (κ2) is 8.49. The van der Waals surface area contributed by atoms with Gasteiger partial charge in [-0.05, 0) is 54.2 Å². The number of carbonyl (C=O) groups is 3.